The van der Waals surface area contributed by atoms with Crippen molar-refractivity contribution in [3.63, 3.8) is 0 Å². The van der Waals surface area contributed by atoms with Crippen LogP contribution in [-0.2, 0) is 11.2 Å². The monoisotopic (exact) mass is 436 g/mol. The number of amides is 1. The Kier molecular flexibility index (Phi) is 7.30. The molecule has 0 saturated carbocycles. The van der Waals surface area contributed by atoms with Gasteiger partial charge in [0.05, 0.1) is 11.5 Å². The predicted molar refractivity (Wildman–Crippen MR) is 115 cm³/mol. The second-order valence-corrected chi connectivity index (χ2v) is 7.75. The lowest BCUT2D eigenvalue weighted by Crippen LogP contribution is -2.49. The maximum absolute atomic E-state index is 12.2. The van der Waals surface area contributed by atoms with Crippen molar-refractivity contribution in [3.8, 4) is 0 Å². The van der Waals surface area contributed by atoms with E-state index in [2.05, 4.69) is 10.2 Å². The average molecular weight is 437 g/mol. The molecular weight excluding hydrogens is 415 g/mol. The molecule has 1 aliphatic heterocycles. The van der Waals surface area contributed by atoms with Crippen molar-refractivity contribution in [2.75, 3.05) is 44.2 Å². The first kappa shape index (κ1) is 21.4. The van der Waals surface area contributed by atoms with Gasteiger partial charge in [-0.25, -0.2) is 0 Å². The van der Waals surface area contributed by atoms with Gasteiger partial charge < -0.3 is 10.2 Å². The number of hydrogen-bond donors (Lipinski definition) is 1. The molecule has 29 heavy (non-hydrogen) atoms. The highest BCUT2D eigenvalue weighted by Crippen LogP contribution is 2.31. The maximum Gasteiger partial charge on any atom is 0.294 e. The van der Waals surface area contributed by atoms with Crippen LogP contribution in [0.15, 0.2) is 42.5 Å². The van der Waals surface area contributed by atoms with Gasteiger partial charge in [-0.3, -0.25) is 19.8 Å². The predicted octanol–water partition coefficient (Wildman–Crippen LogP) is 3.38. The molecule has 154 valence electrons. The van der Waals surface area contributed by atoms with E-state index < -0.39 is 4.92 Å². The molecule has 0 radical (unpaired) electrons. The maximum atomic E-state index is 12.2. The Labute approximate surface area is 179 Å². The number of nitro groups is 1. The van der Waals surface area contributed by atoms with Crippen molar-refractivity contribution in [2.45, 2.75) is 6.42 Å². The Balaban J connectivity index is 1.44. The van der Waals surface area contributed by atoms with Gasteiger partial charge in [0.25, 0.3) is 5.69 Å². The molecule has 1 heterocycles. The van der Waals surface area contributed by atoms with E-state index in [-0.39, 0.29) is 11.6 Å². The molecule has 1 amide bonds. The zero-order valence-corrected chi connectivity index (χ0v) is 17.3. The van der Waals surface area contributed by atoms with Gasteiger partial charge in [-0.15, -0.1) is 0 Å². The third-order valence-electron chi connectivity index (χ3n) is 4.86. The number of nitrogens with zero attached hydrogens (tertiary/aromatic N) is 3. The second-order valence-electron chi connectivity index (χ2n) is 6.88. The van der Waals surface area contributed by atoms with Crippen molar-refractivity contribution in [1.29, 1.82) is 0 Å². The first-order valence-electron chi connectivity index (χ1n) is 9.35. The lowest BCUT2D eigenvalue weighted by Gasteiger charge is -2.35. The van der Waals surface area contributed by atoms with Crippen LogP contribution < -0.4 is 10.2 Å². The number of anilines is 1. The summed E-state index contributed by atoms with van der Waals surface area (Å²) in [5.41, 5.74) is 1.69. The zero-order chi connectivity index (χ0) is 20.8. The Morgan fingerprint density at radius 3 is 2.34 bits per heavy atom. The van der Waals surface area contributed by atoms with Crippen molar-refractivity contribution in [2.24, 2.45) is 0 Å². The van der Waals surface area contributed by atoms with Crippen LogP contribution in [0.2, 0.25) is 10.0 Å². The molecule has 3 rings (SSSR count). The highest BCUT2D eigenvalue weighted by atomic mass is 35.5. The van der Waals surface area contributed by atoms with Gasteiger partial charge in [-0.2, -0.15) is 0 Å². The molecule has 9 heteroatoms. The van der Waals surface area contributed by atoms with Crippen LogP contribution in [-0.4, -0.2) is 55.0 Å². The molecule has 0 spiro atoms. The lowest BCUT2D eigenvalue weighted by atomic mass is 10.1. The van der Waals surface area contributed by atoms with Crippen molar-refractivity contribution >= 4 is 40.5 Å². The summed E-state index contributed by atoms with van der Waals surface area (Å²) in [6, 6.07) is 12.3. The summed E-state index contributed by atoms with van der Waals surface area (Å²) >= 11 is 11.8. The molecule has 1 aliphatic rings. The van der Waals surface area contributed by atoms with Crippen LogP contribution in [0.4, 0.5) is 11.4 Å². The quantitative estimate of drug-likeness (QED) is 0.531. The minimum absolute atomic E-state index is 0.00546. The SMILES string of the molecule is O=C(CN1CCN(c2ccc(Cl)cc2[N+](=O)[O-])CC1)NCCc1ccc(Cl)cc1. The number of benzene rings is 2. The highest BCUT2D eigenvalue weighted by Gasteiger charge is 2.24. The summed E-state index contributed by atoms with van der Waals surface area (Å²) in [5, 5.41) is 15.3. The molecular formula is C20H22Cl2N4O3. The Morgan fingerprint density at radius 2 is 1.69 bits per heavy atom. The van der Waals surface area contributed by atoms with E-state index in [9.17, 15) is 14.9 Å². The van der Waals surface area contributed by atoms with E-state index >= 15 is 0 Å². The molecule has 0 unspecified atom stereocenters. The van der Waals surface area contributed by atoms with Crippen LogP contribution >= 0.6 is 23.2 Å². The average Bonchev–Trinajstić information content (AvgIpc) is 2.70. The normalized spacial score (nSPS) is 14.6. The zero-order valence-electron chi connectivity index (χ0n) is 15.8. The van der Waals surface area contributed by atoms with Crippen molar-refractivity contribution in [3.05, 3.63) is 68.2 Å². The third-order valence-corrected chi connectivity index (χ3v) is 5.35. The summed E-state index contributed by atoms with van der Waals surface area (Å²) in [4.78, 5) is 27.1. The highest BCUT2D eigenvalue weighted by molar-refractivity contribution is 6.31. The minimum Gasteiger partial charge on any atom is -0.363 e. The largest absolute Gasteiger partial charge is 0.363 e. The van der Waals surface area contributed by atoms with Crippen LogP contribution in [0.5, 0.6) is 0 Å². The Hall–Kier alpha value is -2.35. The summed E-state index contributed by atoms with van der Waals surface area (Å²) in [7, 11) is 0. The second kappa shape index (κ2) is 9.91. The number of carbonyl (C=O) groups excluding carboxylic acids is 1. The summed E-state index contributed by atoms with van der Waals surface area (Å²) in [5.74, 6) is -0.0233. The summed E-state index contributed by atoms with van der Waals surface area (Å²) in [6.07, 6.45) is 0.747. The first-order valence-corrected chi connectivity index (χ1v) is 10.1. The van der Waals surface area contributed by atoms with E-state index in [1.54, 1.807) is 12.1 Å². The Bertz CT molecular complexity index is 869. The van der Waals surface area contributed by atoms with E-state index in [0.717, 1.165) is 12.0 Å². The summed E-state index contributed by atoms with van der Waals surface area (Å²) < 4.78 is 0. The fourth-order valence-electron chi connectivity index (χ4n) is 3.31. The van der Waals surface area contributed by atoms with Gasteiger partial charge in [0, 0.05) is 48.8 Å². The molecule has 1 fully saturated rings. The molecule has 0 atom stereocenters. The molecule has 1 saturated heterocycles. The number of piperazine rings is 1. The van der Waals surface area contributed by atoms with Gasteiger partial charge >= 0.3 is 0 Å². The van der Waals surface area contributed by atoms with Gasteiger partial charge in [-0.05, 0) is 36.2 Å². The molecule has 0 aromatic heterocycles. The first-order chi connectivity index (χ1) is 13.9. The lowest BCUT2D eigenvalue weighted by molar-refractivity contribution is -0.384. The van der Waals surface area contributed by atoms with Crippen molar-refractivity contribution in [1.82, 2.24) is 10.2 Å². The van der Waals surface area contributed by atoms with Gasteiger partial charge in [0.1, 0.15) is 5.69 Å². The van der Waals surface area contributed by atoms with E-state index in [4.69, 9.17) is 23.2 Å². The van der Waals surface area contributed by atoms with Crippen LogP contribution in [0.3, 0.4) is 0 Å². The van der Waals surface area contributed by atoms with Crippen LogP contribution in [0.25, 0.3) is 0 Å². The van der Waals surface area contributed by atoms with Crippen LogP contribution in [0, 0.1) is 10.1 Å². The van der Waals surface area contributed by atoms with Gasteiger partial charge in [-0.1, -0.05) is 35.3 Å². The molecule has 7 nitrogen and oxygen atoms in total. The van der Waals surface area contributed by atoms with E-state index in [1.165, 1.54) is 6.07 Å². The standard InChI is InChI=1S/C20H22Cl2N4O3/c21-16-3-1-15(2-4-16)7-8-23-20(27)14-24-9-11-25(12-10-24)18-6-5-17(22)13-19(18)26(28)29/h1-6,13H,7-12,14H2,(H,23,27). The van der Waals surface area contributed by atoms with E-state index in [1.807, 2.05) is 29.2 Å². The number of carbonyl (C=O) groups is 1. The molecule has 0 bridgehead atoms. The molecule has 1 N–H and O–H groups in total. The smallest absolute Gasteiger partial charge is 0.294 e. The number of nitro benzene ring substituents is 1. The molecule has 2 aromatic rings. The number of hydrogen-bond acceptors (Lipinski definition) is 5. The number of halogens is 2. The summed E-state index contributed by atoms with van der Waals surface area (Å²) in [6.45, 7) is 3.42. The minimum atomic E-state index is -0.415. The van der Waals surface area contributed by atoms with Crippen LogP contribution in [0.1, 0.15) is 5.56 Å². The number of rotatable bonds is 7. The topological polar surface area (TPSA) is 78.7 Å². The Morgan fingerprint density at radius 1 is 1.03 bits per heavy atom. The van der Waals surface area contributed by atoms with Gasteiger partial charge in [0.2, 0.25) is 5.91 Å². The van der Waals surface area contributed by atoms with Gasteiger partial charge in [0.15, 0.2) is 0 Å². The fourth-order valence-corrected chi connectivity index (χ4v) is 3.61. The van der Waals surface area contributed by atoms with Crippen molar-refractivity contribution < 1.29 is 9.72 Å². The molecule has 0 aliphatic carbocycles. The molecule has 2 aromatic carbocycles. The number of nitrogens with one attached hydrogen (secondary N) is 1. The fraction of sp³-hybridized carbons (Fsp3) is 0.350. The van der Waals surface area contributed by atoms with E-state index in [0.29, 0.717) is 55.0 Å². The third kappa shape index (κ3) is 6.06.